The molecule has 0 saturated heterocycles. The van der Waals surface area contributed by atoms with Gasteiger partial charge >= 0.3 is 12.1 Å². The number of nitrogens with one attached hydrogen (secondary N) is 1. The van der Waals surface area contributed by atoms with Gasteiger partial charge in [-0.3, -0.25) is 4.79 Å². The second kappa shape index (κ2) is 7.49. The van der Waals surface area contributed by atoms with Crippen LogP contribution in [0.4, 0.5) is 18.9 Å². The molecule has 1 N–H and O–H groups in total. The molecule has 0 saturated carbocycles. The molecule has 1 amide bonds. The summed E-state index contributed by atoms with van der Waals surface area (Å²) in [5.41, 5.74) is -0.935. The van der Waals surface area contributed by atoms with Gasteiger partial charge in [-0.1, -0.05) is 6.07 Å². The molecule has 0 spiro atoms. The fraction of sp³-hybridized carbons (Fsp3) is 0.125. The molecule has 0 atom stereocenters. The Morgan fingerprint density at radius 2 is 2.00 bits per heavy atom. The molecule has 126 valence electrons. The highest BCUT2D eigenvalue weighted by molar-refractivity contribution is 5.94. The van der Waals surface area contributed by atoms with Crippen LogP contribution in [0.2, 0.25) is 0 Å². The first kappa shape index (κ1) is 17.3. The van der Waals surface area contributed by atoms with E-state index in [-0.39, 0.29) is 5.69 Å². The van der Waals surface area contributed by atoms with E-state index >= 15 is 0 Å². The highest BCUT2D eigenvalue weighted by atomic mass is 19.4. The van der Waals surface area contributed by atoms with Crippen molar-refractivity contribution < 1.29 is 31.9 Å². The van der Waals surface area contributed by atoms with Crippen LogP contribution in [0.15, 0.2) is 53.2 Å². The average molecular weight is 339 g/mol. The van der Waals surface area contributed by atoms with Crippen molar-refractivity contribution >= 4 is 23.6 Å². The van der Waals surface area contributed by atoms with Gasteiger partial charge < -0.3 is 14.5 Å². The fourth-order valence-corrected chi connectivity index (χ4v) is 1.69. The van der Waals surface area contributed by atoms with E-state index in [0.29, 0.717) is 5.76 Å². The molecule has 1 aromatic heterocycles. The molecule has 0 fully saturated rings. The standard InChI is InChI=1S/C16H12F3NO4/c17-16(18,19)11-3-1-4-12(9-11)20-14(21)10-24-15(22)7-6-13-5-2-8-23-13/h1-9H,10H2,(H,20,21)/b7-6+. The Balaban J connectivity index is 1.84. The van der Waals surface area contributed by atoms with Crippen LogP contribution in [0, 0.1) is 0 Å². The van der Waals surface area contributed by atoms with Crippen LogP contribution in [-0.2, 0) is 20.5 Å². The quantitative estimate of drug-likeness (QED) is 0.669. The van der Waals surface area contributed by atoms with Crippen molar-refractivity contribution in [1.29, 1.82) is 0 Å². The Morgan fingerprint density at radius 3 is 2.67 bits per heavy atom. The lowest BCUT2D eigenvalue weighted by molar-refractivity contribution is -0.142. The van der Waals surface area contributed by atoms with Crippen molar-refractivity contribution in [2.45, 2.75) is 6.18 Å². The summed E-state index contributed by atoms with van der Waals surface area (Å²) in [7, 11) is 0. The largest absolute Gasteiger partial charge is 0.465 e. The molecule has 1 aromatic carbocycles. The summed E-state index contributed by atoms with van der Waals surface area (Å²) in [5, 5.41) is 2.22. The van der Waals surface area contributed by atoms with E-state index in [1.54, 1.807) is 12.1 Å². The summed E-state index contributed by atoms with van der Waals surface area (Å²) >= 11 is 0. The number of alkyl halides is 3. The van der Waals surface area contributed by atoms with Crippen molar-refractivity contribution in [3.8, 4) is 0 Å². The molecule has 0 bridgehead atoms. The van der Waals surface area contributed by atoms with Gasteiger partial charge in [0.05, 0.1) is 11.8 Å². The number of benzene rings is 1. The molecule has 2 rings (SSSR count). The topological polar surface area (TPSA) is 68.5 Å². The van der Waals surface area contributed by atoms with E-state index < -0.39 is 30.2 Å². The zero-order valence-corrected chi connectivity index (χ0v) is 12.2. The number of carbonyl (C=O) groups is 2. The van der Waals surface area contributed by atoms with E-state index in [2.05, 4.69) is 10.1 Å². The van der Waals surface area contributed by atoms with E-state index in [1.165, 1.54) is 18.4 Å². The molecule has 1 heterocycles. The van der Waals surface area contributed by atoms with Crippen LogP contribution in [0.25, 0.3) is 6.08 Å². The lowest BCUT2D eigenvalue weighted by atomic mass is 10.2. The number of amides is 1. The Labute approximate surface area is 134 Å². The zero-order chi connectivity index (χ0) is 17.6. The highest BCUT2D eigenvalue weighted by Gasteiger charge is 2.30. The summed E-state index contributed by atoms with van der Waals surface area (Å²) in [6.45, 7) is -0.627. The van der Waals surface area contributed by atoms with Gasteiger partial charge in [0.1, 0.15) is 5.76 Å². The van der Waals surface area contributed by atoms with Crippen LogP contribution >= 0.6 is 0 Å². The number of carbonyl (C=O) groups excluding carboxylic acids is 2. The Morgan fingerprint density at radius 1 is 1.21 bits per heavy atom. The predicted molar refractivity (Wildman–Crippen MR) is 78.8 cm³/mol. The molecule has 2 aromatic rings. The minimum Gasteiger partial charge on any atom is -0.465 e. The summed E-state index contributed by atoms with van der Waals surface area (Å²) in [4.78, 5) is 23.0. The van der Waals surface area contributed by atoms with Crippen molar-refractivity contribution in [1.82, 2.24) is 0 Å². The maximum absolute atomic E-state index is 12.6. The molecule has 0 aliphatic rings. The molecule has 0 aliphatic heterocycles. The third-order valence-electron chi connectivity index (χ3n) is 2.75. The average Bonchev–Trinajstić information content (AvgIpc) is 3.04. The first-order chi connectivity index (χ1) is 11.3. The highest BCUT2D eigenvalue weighted by Crippen LogP contribution is 2.30. The van der Waals surface area contributed by atoms with Crippen molar-refractivity contribution in [3.05, 3.63) is 60.1 Å². The number of esters is 1. The van der Waals surface area contributed by atoms with Gasteiger partial charge in [-0.05, 0) is 36.4 Å². The van der Waals surface area contributed by atoms with Crippen LogP contribution in [0.3, 0.4) is 0 Å². The van der Waals surface area contributed by atoms with Crippen molar-refractivity contribution in [3.63, 3.8) is 0 Å². The van der Waals surface area contributed by atoms with Crippen LogP contribution < -0.4 is 5.32 Å². The van der Waals surface area contributed by atoms with E-state index in [4.69, 9.17) is 4.42 Å². The molecule has 5 nitrogen and oxygen atoms in total. The first-order valence-electron chi connectivity index (χ1n) is 6.70. The minimum absolute atomic E-state index is 0.0444. The maximum atomic E-state index is 12.6. The van der Waals surface area contributed by atoms with Gasteiger partial charge in [-0.2, -0.15) is 13.2 Å². The number of anilines is 1. The van der Waals surface area contributed by atoms with Gasteiger partial charge in [-0.25, -0.2) is 4.79 Å². The van der Waals surface area contributed by atoms with Crippen LogP contribution in [-0.4, -0.2) is 18.5 Å². The molecule has 0 unspecified atom stereocenters. The molecular weight excluding hydrogens is 327 g/mol. The molecule has 0 aliphatic carbocycles. The smallest absolute Gasteiger partial charge is 0.416 e. The molecule has 24 heavy (non-hydrogen) atoms. The van der Waals surface area contributed by atoms with Gasteiger partial charge in [-0.15, -0.1) is 0 Å². The third-order valence-corrected chi connectivity index (χ3v) is 2.75. The lowest BCUT2D eigenvalue weighted by Gasteiger charge is -2.09. The maximum Gasteiger partial charge on any atom is 0.416 e. The Bertz CT molecular complexity index is 736. The number of rotatable bonds is 5. The van der Waals surface area contributed by atoms with Crippen LogP contribution in [0.5, 0.6) is 0 Å². The number of furan rings is 1. The van der Waals surface area contributed by atoms with Gasteiger partial charge in [0, 0.05) is 11.8 Å². The number of halogens is 3. The summed E-state index contributed by atoms with van der Waals surface area (Å²) in [5.74, 6) is -1.11. The summed E-state index contributed by atoms with van der Waals surface area (Å²) in [6, 6.07) is 7.38. The minimum atomic E-state index is -4.51. The van der Waals surface area contributed by atoms with E-state index in [1.807, 2.05) is 0 Å². The molecular formula is C16H12F3NO4. The van der Waals surface area contributed by atoms with Crippen molar-refractivity contribution in [2.24, 2.45) is 0 Å². The van der Waals surface area contributed by atoms with Gasteiger partial charge in [0.25, 0.3) is 5.91 Å². The Hall–Kier alpha value is -3.03. The summed E-state index contributed by atoms with van der Waals surface area (Å²) in [6.07, 6.45) is -0.666. The van der Waals surface area contributed by atoms with E-state index in [0.717, 1.165) is 24.3 Å². The fourth-order valence-electron chi connectivity index (χ4n) is 1.69. The monoisotopic (exact) mass is 339 g/mol. The van der Waals surface area contributed by atoms with Crippen LogP contribution in [0.1, 0.15) is 11.3 Å². The number of ether oxygens (including phenoxy) is 1. The normalized spacial score (nSPS) is 11.5. The summed E-state index contributed by atoms with van der Waals surface area (Å²) < 4.78 is 47.3. The zero-order valence-electron chi connectivity index (χ0n) is 12.2. The predicted octanol–water partition coefficient (Wildman–Crippen LogP) is 3.49. The SMILES string of the molecule is O=C(COC(=O)/C=C/c1ccco1)Nc1cccc(C(F)(F)F)c1. The van der Waals surface area contributed by atoms with E-state index in [9.17, 15) is 22.8 Å². The molecule has 8 heteroatoms. The molecule has 0 radical (unpaired) electrons. The first-order valence-corrected chi connectivity index (χ1v) is 6.70. The van der Waals surface area contributed by atoms with Crippen molar-refractivity contribution in [2.75, 3.05) is 11.9 Å². The third kappa shape index (κ3) is 5.31. The second-order valence-electron chi connectivity index (χ2n) is 4.58. The number of hydrogen-bond donors (Lipinski definition) is 1. The lowest BCUT2D eigenvalue weighted by Crippen LogP contribution is -2.20. The Kier molecular flexibility index (Phi) is 5.41. The van der Waals surface area contributed by atoms with Gasteiger partial charge in [0.15, 0.2) is 6.61 Å². The number of hydrogen-bond acceptors (Lipinski definition) is 4. The van der Waals surface area contributed by atoms with Gasteiger partial charge in [0.2, 0.25) is 0 Å². The second-order valence-corrected chi connectivity index (χ2v) is 4.58.